The standard InChI is InChI=1S/C26H22FN7O/c1-14-11-29-26(30-21-10-15(2)33(3)32-21)31-23(14)18-12-28-24-17(18)7-5-9-20(24)34-13-16-6-4-8-19(27)22(16)25(34)35/h4-12,28H,13H2,1-3H3,(H,29,30,31,32). The Kier molecular flexibility index (Phi) is 4.67. The fraction of sp³-hybridized carbons (Fsp3) is 0.154. The summed E-state index contributed by atoms with van der Waals surface area (Å²) in [5.41, 5.74) is 5.89. The third-order valence-corrected chi connectivity index (χ3v) is 6.45. The fourth-order valence-corrected chi connectivity index (χ4v) is 4.58. The molecule has 8 nitrogen and oxygen atoms in total. The van der Waals surface area contributed by atoms with Crippen molar-refractivity contribution in [2.24, 2.45) is 7.05 Å². The van der Waals surface area contributed by atoms with Gasteiger partial charge in [0.2, 0.25) is 5.95 Å². The summed E-state index contributed by atoms with van der Waals surface area (Å²) in [4.78, 5) is 27.2. The number of amides is 1. The van der Waals surface area contributed by atoms with E-state index in [1.807, 2.05) is 51.4 Å². The van der Waals surface area contributed by atoms with Crippen molar-refractivity contribution in [3.8, 4) is 11.3 Å². The van der Waals surface area contributed by atoms with Crippen LogP contribution in [0.4, 0.5) is 21.8 Å². The molecule has 2 aromatic carbocycles. The van der Waals surface area contributed by atoms with E-state index >= 15 is 0 Å². The molecule has 4 heterocycles. The molecular formula is C26H22FN7O. The average molecular weight is 468 g/mol. The van der Waals surface area contributed by atoms with Gasteiger partial charge in [-0.3, -0.25) is 9.48 Å². The Morgan fingerprint density at radius 1 is 1.14 bits per heavy atom. The Morgan fingerprint density at radius 3 is 2.74 bits per heavy atom. The van der Waals surface area contributed by atoms with E-state index in [1.165, 1.54) is 6.07 Å². The van der Waals surface area contributed by atoms with Crippen molar-refractivity contribution in [2.75, 3.05) is 10.2 Å². The normalized spacial score (nSPS) is 13.0. The van der Waals surface area contributed by atoms with Gasteiger partial charge >= 0.3 is 0 Å². The van der Waals surface area contributed by atoms with Crippen molar-refractivity contribution in [1.29, 1.82) is 0 Å². The van der Waals surface area contributed by atoms with Crippen LogP contribution in [0, 0.1) is 19.7 Å². The summed E-state index contributed by atoms with van der Waals surface area (Å²) in [5.74, 6) is 0.279. The average Bonchev–Trinajstić information content (AvgIpc) is 3.51. The summed E-state index contributed by atoms with van der Waals surface area (Å²) in [6.07, 6.45) is 3.65. The van der Waals surface area contributed by atoms with Gasteiger partial charge in [-0.15, -0.1) is 0 Å². The molecule has 0 atom stereocenters. The van der Waals surface area contributed by atoms with Crippen LogP contribution in [-0.4, -0.2) is 30.6 Å². The summed E-state index contributed by atoms with van der Waals surface area (Å²) in [7, 11) is 1.88. The molecule has 6 rings (SSSR count). The monoisotopic (exact) mass is 467 g/mol. The summed E-state index contributed by atoms with van der Waals surface area (Å²) in [6.45, 7) is 4.25. The quantitative estimate of drug-likeness (QED) is 0.387. The van der Waals surface area contributed by atoms with Crippen molar-refractivity contribution in [2.45, 2.75) is 20.4 Å². The first-order valence-corrected chi connectivity index (χ1v) is 11.2. The van der Waals surface area contributed by atoms with Crippen LogP contribution in [0.5, 0.6) is 0 Å². The van der Waals surface area contributed by atoms with Gasteiger partial charge in [0.15, 0.2) is 5.82 Å². The zero-order valence-corrected chi connectivity index (χ0v) is 19.4. The highest BCUT2D eigenvalue weighted by molar-refractivity contribution is 6.14. The number of aromatic amines is 1. The van der Waals surface area contributed by atoms with E-state index in [0.29, 0.717) is 29.6 Å². The molecule has 0 aliphatic carbocycles. The smallest absolute Gasteiger partial charge is 0.261 e. The van der Waals surface area contributed by atoms with Gasteiger partial charge < -0.3 is 15.2 Å². The molecule has 0 fully saturated rings. The molecule has 1 amide bonds. The van der Waals surface area contributed by atoms with Gasteiger partial charge in [0.05, 0.1) is 29.0 Å². The molecule has 0 saturated carbocycles. The van der Waals surface area contributed by atoms with Gasteiger partial charge in [-0.2, -0.15) is 5.10 Å². The maximum Gasteiger partial charge on any atom is 0.261 e. The molecule has 2 N–H and O–H groups in total. The number of benzene rings is 2. The van der Waals surface area contributed by atoms with E-state index in [9.17, 15) is 9.18 Å². The first-order chi connectivity index (χ1) is 16.9. The van der Waals surface area contributed by atoms with E-state index in [4.69, 9.17) is 4.98 Å². The third kappa shape index (κ3) is 3.35. The number of rotatable bonds is 4. The number of carbonyl (C=O) groups is 1. The number of H-pyrrole nitrogens is 1. The Balaban J connectivity index is 1.40. The van der Waals surface area contributed by atoms with Crippen LogP contribution in [0.3, 0.4) is 0 Å². The topological polar surface area (TPSA) is 91.7 Å². The second kappa shape index (κ2) is 7.76. The Labute approximate surface area is 200 Å². The molecule has 5 aromatic rings. The lowest BCUT2D eigenvalue weighted by Gasteiger charge is -2.17. The Morgan fingerprint density at radius 2 is 1.97 bits per heavy atom. The fourth-order valence-electron chi connectivity index (χ4n) is 4.58. The van der Waals surface area contributed by atoms with Crippen LogP contribution in [0.25, 0.3) is 22.2 Å². The maximum atomic E-state index is 14.4. The first kappa shape index (κ1) is 21.0. The highest BCUT2D eigenvalue weighted by Gasteiger charge is 2.32. The number of hydrogen-bond donors (Lipinski definition) is 2. The highest BCUT2D eigenvalue weighted by atomic mass is 19.1. The summed E-state index contributed by atoms with van der Waals surface area (Å²) in [5, 5.41) is 8.49. The second-order valence-corrected chi connectivity index (χ2v) is 8.71. The van der Waals surface area contributed by atoms with E-state index in [-0.39, 0.29) is 11.5 Å². The van der Waals surface area contributed by atoms with Crippen molar-refractivity contribution in [3.63, 3.8) is 0 Å². The molecule has 3 aromatic heterocycles. The molecule has 35 heavy (non-hydrogen) atoms. The van der Waals surface area contributed by atoms with Gasteiger partial charge in [-0.05, 0) is 37.1 Å². The lowest BCUT2D eigenvalue weighted by molar-refractivity contribution is 0.0993. The molecule has 9 heteroatoms. The van der Waals surface area contributed by atoms with Crippen LogP contribution >= 0.6 is 0 Å². The SMILES string of the molecule is Cc1cnc(Nc2cc(C)n(C)n2)nc1-c1c[nH]c2c(N3Cc4cccc(F)c4C3=O)cccc12. The maximum absolute atomic E-state index is 14.4. The van der Waals surface area contributed by atoms with Crippen molar-refractivity contribution in [3.05, 3.63) is 83.1 Å². The number of para-hydroxylation sites is 1. The molecule has 174 valence electrons. The predicted molar refractivity (Wildman–Crippen MR) is 132 cm³/mol. The van der Waals surface area contributed by atoms with Crippen LogP contribution < -0.4 is 10.2 Å². The zero-order chi connectivity index (χ0) is 24.3. The van der Waals surface area contributed by atoms with Gasteiger partial charge in [0.25, 0.3) is 5.91 Å². The number of halogens is 1. The zero-order valence-electron chi connectivity index (χ0n) is 19.4. The van der Waals surface area contributed by atoms with Crippen LogP contribution in [-0.2, 0) is 13.6 Å². The molecule has 0 spiro atoms. The van der Waals surface area contributed by atoms with Gasteiger partial charge in [-0.25, -0.2) is 14.4 Å². The van der Waals surface area contributed by atoms with Crippen LogP contribution in [0.1, 0.15) is 27.2 Å². The molecule has 0 bridgehead atoms. The van der Waals surface area contributed by atoms with Gasteiger partial charge in [0.1, 0.15) is 5.82 Å². The van der Waals surface area contributed by atoms with Crippen LogP contribution in [0.15, 0.2) is 54.9 Å². The van der Waals surface area contributed by atoms with E-state index in [1.54, 1.807) is 27.9 Å². The third-order valence-electron chi connectivity index (χ3n) is 6.45. The minimum absolute atomic E-state index is 0.142. The number of carbonyl (C=O) groups excluding carboxylic acids is 1. The predicted octanol–water partition coefficient (Wildman–Crippen LogP) is 5.02. The van der Waals surface area contributed by atoms with Crippen molar-refractivity contribution < 1.29 is 9.18 Å². The minimum atomic E-state index is -0.492. The lowest BCUT2D eigenvalue weighted by Crippen LogP contribution is -2.23. The molecule has 0 radical (unpaired) electrons. The van der Waals surface area contributed by atoms with Crippen molar-refractivity contribution >= 4 is 34.3 Å². The molecule has 1 aliphatic rings. The molecular weight excluding hydrogens is 445 g/mol. The number of aryl methyl sites for hydroxylation is 3. The van der Waals surface area contributed by atoms with E-state index in [2.05, 4.69) is 20.4 Å². The molecule has 0 unspecified atom stereocenters. The number of aromatic nitrogens is 5. The minimum Gasteiger partial charge on any atom is -0.359 e. The Hall–Kier alpha value is -4.53. The second-order valence-electron chi connectivity index (χ2n) is 8.71. The molecule has 1 aliphatic heterocycles. The number of anilines is 3. The first-order valence-electron chi connectivity index (χ1n) is 11.2. The highest BCUT2D eigenvalue weighted by Crippen LogP contribution is 2.38. The van der Waals surface area contributed by atoms with Gasteiger partial charge in [0, 0.05) is 42.2 Å². The van der Waals surface area contributed by atoms with E-state index in [0.717, 1.165) is 33.4 Å². The summed E-state index contributed by atoms with van der Waals surface area (Å²) >= 11 is 0. The lowest BCUT2D eigenvalue weighted by atomic mass is 10.1. The van der Waals surface area contributed by atoms with E-state index < -0.39 is 5.82 Å². The summed E-state index contributed by atoms with van der Waals surface area (Å²) < 4.78 is 16.1. The van der Waals surface area contributed by atoms with Crippen molar-refractivity contribution in [1.82, 2.24) is 24.7 Å². The van der Waals surface area contributed by atoms with Gasteiger partial charge in [-0.1, -0.05) is 24.3 Å². The largest absolute Gasteiger partial charge is 0.359 e. The Bertz CT molecular complexity index is 1620. The number of hydrogen-bond acceptors (Lipinski definition) is 5. The van der Waals surface area contributed by atoms with Crippen LogP contribution in [0.2, 0.25) is 0 Å². The number of nitrogens with one attached hydrogen (secondary N) is 2. The number of nitrogens with zero attached hydrogens (tertiary/aromatic N) is 5. The molecule has 0 saturated heterocycles. The number of fused-ring (bicyclic) bond motifs is 2. The summed E-state index contributed by atoms with van der Waals surface area (Å²) in [6, 6.07) is 12.4.